The normalized spacial score (nSPS) is 17.1. The number of aromatic nitrogens is 1. The molecule has 0 radical (unpaired) electrons. The highest BCUT2D eigenvalue weighted by molar-refractivity contribution is 9.08. The zero-order chi connectivity index (χ0) is 17.6. The summed E-state index contributed by atoms with van der Waals surface area (Å²) in [6.45, 7) is 0.493. The zero-order valence-electron chi connectivity index (χ0n) is 14.1. The fraction of sp³-hybridized carbons (Fsp3) is 0.450. The van der Waals surface area contributed by atoms with Crippen LogP contribution in [0.15, 0.2) is 18.2 Å². The van der Waals surface area contributed by atoms with Crippen molar-refractivity contribution >= 4 is 27.5 Å². The Morgan fingerprint density at radius 1 is 1.16 bits per heavy atom. The minimum Gasteiger partial charge on any atom is -0.380 e. The monoisotopic (exact) mass is 423 g/mol. The molecule has 0 saturated heterocycles. The van der Waals surface area contributed by atoms with E-state index in [-0.39, 0.29) is 5.82 Å². The summed E-state index contributed by atoms with van der Waals surface area (Å²) in [7, 11) is 1.70. The molecule has 0 atom stereocenters. The molecule has 0 N–H and O–H groups in total. The molecule has 0 amide bonds. The predicted molar refractivity (Wildman–Crippen MR) is 102 cm³/mol. The molecular formula is C20H20BrClFNO. The van der Waals surface area contributed by atoms with Crippen LogP contribution in [0.1, 0.15) is 60.0 Å². The maximum absolute atomic E-state index is 13.6. The van der Waals surface area contributed by atoms with Crippen LogP contribution in [0.5, 0.6) is 0 Å². The van der Waals surface area contributed by atoms with Crippen LogP contribution >= 0.6 is 27.5 Å². The Balaban J connectivity index is 2.01. The van der Waals surface area contributed by atoms with Crippen LogP contribution in [0.3, 0.4) is 0 Å². The molecule has 4 rings (SSSR count). The molecule has 5 heteroatoms. The van der Waals surface area contributed by atoms with Gasteiger partial charge in [0.05, 0.1) is 11.6 Å². The van der Waals surface area contributed by atoms with Crippen LogP contribution in [0.4, 0.5) is 4.39 Å². The fourth-order valence-electron chi connectivity index (χ4n) is 3.53. The second-order valence-electron chi connectivity index (χ2n) is 6.95. The standard InChI is InChI=1S/C20H20BrClFNO/c1-25-10-16-18(14-7-6-13(23)8-17(14)22)15(9-21)19(11-2-3-11)24-20(16)12-4-5-12/h6-8,11-12H,2-5,9-10H2,1H3. The molecule has 1 aromatic carbocycles. The molecule has 132 valence electrons. The molecule has 2 fully saturated rings. The lowest BCUT2D eigenvalue weighted by atomic mass is 9.91. The van der Waals surface area contributed by atoms with E-state index in [9.17, 15) is 4.39 Å². The Labute approximate surface area is 160 Å². The highest BCUT2D eigenvalue weighted by atomic mass is 79.9. The molecule has 0 spiro atoms. The van der Waals surface area contributed by atoms with Gasteiger partial charge in [0, 0.05) is 46.8 Å². The van der Waals surface area contributed by atoms with Gasteiger partial charge >= 0.3 is 0 Å². The summed E-state index contributed by atoms with van der Waals surface area (Å²) in [6.07, 6.45) is 4.74. The van der Waals surface area contributed by atoms with Gasteiger partial charge in [-0.2, -0.15) is 0 Å². The molecular weight excluding hydrogens is 405 g/mol. The van der Waals surface area contributed by atoms with Gasteiger partial charge in [-0.15, -0.1) is 0 Å². The van der Waals surface area contributed by atoms with Gasteiger partial charge in [0.15, 0.2) is 0 Å². The third-order valence-corrected chi connectivity index (χ3v) is 5.89. The third kappa shape index (κ3) is 3.36. The topological polar surface area (TPSA) is 22.1 Å². The van der Waals surface area contributed by atoms with Crippen LogP contribution in [0.2, 0.25) is 5.02 Å². The smallest absolute Gasteiger partial charge is 0.124 e. The van der Waals surface area contributed by atoms with Crippen molar-refractivity contribution in [3.8, 4) is 11.1 Å². The fourth-order valence-corrected chi connectivity index (χ4v) is 4.36. The lowest BCUT2D eigenvalue weighted by Crippen LogP contribution is -2.09. The van der Waals surface area contributed by atoms with E-state index in [1.807, 2.05) is 0 Å². The zero-order valence-corrected chi connectivity index (χ0v) is 16.5. The minimum atomic E-state index is -0.318. The number of alkyl halides is 1. The molecule has 0 unspecified atom stereocenters. The van der Waals surface area contributed by atoms with Crippen LogP contribution in [-0.2, 0) is 16.7 Å². The van der Waals surface area contributed by atoms with Crippen LogP contribution in [0.25, 0.3) is 11.1 Å². The number of nitrogens with zero attached hydrogens (tertiary/aromatic N) is 1. The number of halogens is 3. The van der Waals surface area contributed by atoms with Crippen LogP contribution in [0, 0.1) is 5.82 Å². The molecule has 0 aliphatic heterocycles. The van der Waals surface area contributed by atoms with Gasteiger partial charge in [0.1, 0.15) is 5.82 Å². The van der Waals surface area contributed by atoms with Crippen LogP contribution < -0.4 is 0 Å². The predicted octanol–water partition coefficient (Wildman–Crippen LogP) is 6.34. The van der Waals surface area contributed by atoms with E-state index < -0.39 is 0 Å². The molecule has 2 aromatic rings. The van der Waals surface area contributed by atoms with Crippen molar-refractivity contribution in [1.29, 1.82) is 0 Å². The number of methoxy groups -OCH3 is 1. The molecule has 2 nitrogen and oxygen atoms in total. The van der Waals surface area contributed by atoms with Crippen molar-refractivity contribution in [3.05, 3.63) is 51.6 Å². The Hall–Kier alpha value is -0.970. The first kappa shape index (κ1) is 17.4. The summed E-state index contributed by atoms with van der Waals surface area (Å²) >= 11 is 10.1. The molecule has 2 saturated carbocycles. The van der Waals surface area contributed by atoms with Gasteiger partial charge in [0.25, 0.3) is 0 Å². The van der Waals surface area contributed by atoms with Gasteiger partial charge < -0.3 is 4.74 Å². The van der Waals surface area contributed by atoms with E-state index >= 15 is 0 Å². The number of rotatable bonds is 6. The van der Waals surface area contributed by atoms with E-state index in [0.29, 0.717) is 28.8 Å². The Kier molecular flexibility index (Phi) is 4.87. The van der Waals surface area contributed by atoms with Gasteiger partial charge in [-0.1, -0.05) is 27.5 Å². The third-order valence-electron chi connectivity index (χ3n) is 5.01. The molecule has 1 aromatic heterocycles. The maximum atomic E-state index is 13.6. The second-order valence-corrected chi connectivity index (χ2v) is 7.92. The van der Waals surface area contributed by atoms with E-state index in [1.54, 1.807) is 13.2 Å². The quantitative estimate of drug-likeness (QED) is 0.505. The number of ether oxygens (including phenoxy) is 1. The van der Waals surface area contributed by atoms with Crippen molar-refractivity contribution < 1.29 is 9.13 Å². The molecule has 2 aliphatic carbocycles. The SMILES string of the molecule is COCc1c(C2CC2)nc(C2CC2)c(CBr)c1-c1ccc(F)cc1Cl. The average Bonchev–Trinajstić information content (AvgIpc) is 3.48. The van der Waals surface area contributed by atoms with Gasteiger partial charge in [-0.3, -0.25) is 4.98 Å². The van der Waals surface area contributed by atoms with Crippen molar-refractivity contribution in [1.82, 2.24) is 4.98 Å². The summed E-state index contributed by atoms with van der Waals surface area (Å²) in [4.78, 5) is 5.09. The molecule has 2 aliphatic rings. The lowest BCUT2D eigenvalue weighted by molar-refractivity contribution is 0.184. The highest BCUT2D eigenvalue weighted by Gasteiger charge is 2.35. The minimum absolute atomic E-state index is 0.318. The molecule has 0 bridgehead atoms. The first-order chi connectivity index (χ1) is 12.1. The van der Waals surface area contributed by atoms with E-state index in [0.717, 1.165) is 22.4 Å². The van der Waals surface area contributed by atoms with E-state index in [1.165, 1.54) is 49.1 Å². The molecule has 25 heavy (non-hydrogen) atoms. The maximum Gasteiger partial charge on any atom is 0.124 e. The van der Waals surface area contributed by atoms with Crippen molar-refractivity contribution in [3.63, 3.8) is 0 Å². The Morgan fingerprint density at radius 3 is 2.32 bits per heavy atom. The Bertz CT molecular complexity index is 818. The van der Waals surface area contributed by atoms with Crippen LogP contribution in [-0.4, -0.2) is 12.1 Å². The summed E-state index contributed by atoms with van der Waals surface area (Å²) < 4.78 is 19.1. The summed E-state index contributed by atoms with van der Waals surface area (Å²) in [5, 5.41) is 1.14. The number of hydrogen-bond acceptors (Lipinski definition) is 2. The first-order valence-electron chi connectivity index (χ1n) is 8.69. The van der Waals surface area contributed by atoms with Crippen molar-refractivity contribution in [2.24, 2.45) is 0 Å². The number of hydrogen-bond donors (Lipinski definition) is 0. The van der Waals surface area contributed by atoms with Crippen molar-refractivity contribution in [2.45, 2.75) is 49.5 Å². The largest absolute Gasteiger partial charge is 0.380 e. The van der Waals surface area contributed by atoms with Gasteiger partial charge in [-0.05, 0) is 55.0 Å². The lowest BCUT2D eigenvalue weighted by Gasteiger charge is -2.21. The number of benzene rings is 1. The van der Waals surface area contributed by atoms with E-state index in [4.69, 9.17) is 21.3 Å². The summed E-state index contributed by atoms with van der Waals surface area (Å²) in [5.41, 5.74) is 6.58. The average molecular weight is 425 g/mol. The summed E-state index contributed by atoms with van der Waals surface area (Å²) in [6, 6.07) is 4.65. The van der Waals surface area contributed by atoms with Gasteiger partial charge in [-0.25, -0.2) is 4.39 Å². The highest BCUT2D eigenvalue weighted by Crippen LogP contribution is 2.50. The van der Waals surface area contributed by atoms with Gasteiger partial charge in [0.2, 0.25) is 0 Å². The second kappa shape index (κ2) is 6.98. The summed E-state index contributed by atoms with van der Waals surface area (Å²) in [5.74, 6) is 0.742. The first-order valence-corrected chi connectivity index (χ1v) is 10.2. The Morgan fingerprint density at radius 2 is 1.80 bits per heavy atom. The number of pyridine rings is 1. The van der Waals surface area contributed by atoms with E-state index in [2.05, 4.69) is 15.9 Å². The molecule has 1 heterocycles. The van der Waals surface area contributed by atoms with Crippen molar-refractivity contribution in [2.75, 3.05) is 7.11 Å².